The molecule has 1 aliphatic carbocycles. The van der Waals surface area contributed by atoms with Gasteiger partial charge in [-0.15, -0.1) is 0 Å². The van der Waals surface area contributed by atoms with Gasteiger partial charge in [0.15, 0.2) is 0 Å². The number of hydrogen-bond acceptors (Lipinski definition) is 3. The molecular weight excluding hydrogens is 186 g/mol. The number of allylic oxidation sites excluding steroid dienone is 1. The lowest BCUT2D eigenvalue weighted by molar-refractivity contribution is -0.140. The second kappa shape index (κ2) is 3.53. The fraction of sp³-hybridized carbons (Fsp3) is 0.333. The molecule has 1 aliphatic rings. The van der Waals surface area contributed by atoms with Gasteiger partial charge in [-0.05, 0) is 19.4 Å². The van der Waals surface area contributed by atoms with E-state index in [4.69, 9.17) is 15.9 Å². The molecule has 76 valence electrons. The van der Waals surface area contributed by atoms with Crippen LogP contribution in [0.4, 0.5) is 0 Å². The summed E-state index contributed by atoms with van der Waals surface area (Å²) >= 11 is 0. The number of nitrogens with two attached hydrogens (primary N) is 1. The van der Waals surface area contributed by atoms with Crippen molar-refractivity contribution in [1.29, 1.82) is 0 Å². The van der Waals surface area contributed by atoms with Gasteiger partial charge in [0.05, 0.1) is 11.5 Å². The molecule has 0 spiro atoms. The molecule has 0 saturated carbocycles. The predicted octanol–water partition coefficient (Wildman–Crippen LogP) is 0.335. The van der Waals surface area contributed by atoms with Gasteiger partial charge >= 0.3 is 11.9 Å². The van der Waals surface area contributed by atoms with Crippen molar-refractivity contribution in [2.24, 2.45) is 11.7 Å². The first-order valence-corrected chi connectivity index (χ1v) is 4.06. The summed E-state index contributed by atoms with van der Waals surface area (Å²) in [5.41, 5.74) is 6.19. The number of carboxylic acids is 2. The van der Waals surface area contributed by atoms with E-state index in [-0.39, 0.29) is 17.7 Å². The van der Waals surface area contributed by atoms with Crippen molar-refractivity contribution >= 4 is 11.9 Å². The van der Waals surface area contributed by atoms with Gasteiger partial charge in [-0.2, -0.15) is 0 Å². The Bertz CT molecular complexity index is 354. The largest absolute Gasteiger partial charge is 0.481 e. The number of rotatable bonds is 2. The summed E-state index contributed by atoms with van der Waals surface area (Å²) in [5, 5.41) is 17.5. The third-order valence-corrected chi connectivity index (χ3v) is 2.21. The lowest BCUT2D eigenvalue weighted by Gasteiger charge is -2.19. The number of carboxylic acid groups (broad SMARTS) is 2. The van der Waals surface area contributed by atoms with Gasteiger partial charge in [-0.25, -0.2) is 4.79 Å². The molecule has 5 nitrogen and oxygen atoms in total. The summed E-state index contributed by atoms with van der Waals surface area (Å²) in [7, 11) is 0. The van der Waals surface area contributed by atoms with Crippen molar-refractivity contribution in [2.45, 2.75) is 13.3 Å². The summed E-state index contributed by atoms with van der Waals surface area (Å²) in [6, 6.07) is 0. The Kier molecular flexibility index (Phi) is 2.60. The maximum absolute atomic E-state index is 10.7. The summed E-state index contributed by atoms with van der Waals surface area (Å²) in [5.74, 6) is -2.89. The first kappa shape index (κ1) is 10.3. The van der Waals surface area contributed by atoms with E-state index in [1.54, 1.807) is 6.92 Å². The van der Waals surface area contributed by atoms with E-state index in [0.29, 0.717) is 5.57 Å². The highest BCUT2D eigenvalue weighted by molar-refractivity contribution is 5.92. The molecule has 4 N–H and O–H groups in total. The third kappa shape index (κ3) is 1.76. The van der Waals surface area contributed by atoms with Crippen LogP contribution in [-0.4, -0.2) is 22.2 Å². The zero-order valence-corrected chi connectivity index (χ0v) is 7.65. The van der Waals surface area contributed by atoms with Crippen molar-refractivity contribution in [1.82, 2.24) is 0 Å². The van der Waals surface area contributed by atoms with Gasteiger partial charge in [-0.1, -0.05) is 5.57 Å². The summed E-state index contributed by atoms with van der Waals surface area (Å²) in [4.78, 5) is 21.4. The molecule has 0 bridgehead atoms. The third-order valence-electron chi connectivity index (χ3n) is 2.21. The molecule has 14 heavy (non-hydrogen) atoms. The van der Waals surface area contributed by atoms with E-state index in [0.717, 1.165) is 0 Å². The van der Waals surface area contributed by atoms with Crippen LogP contribution in [0.15, 0.2) is 22.9 Å². The minimum Gasteiger partial charge on any atom is -0.481 e. The number of carbonyl (C=O) groups is 2. The van der Waals surface area contributed by atoms with Crippen LogP contribution >= 0.6 is 0 Å². The fourth-order valence-corrected chi connectivity index (χ4v) is 1.40. The van der Waals surface area contributed by atoms with E-state index >= 15 is 0 Å². The van der Waals surface area contributed by atoms with Crippen LogP contribution in [0.2, 0.25) is 0 Å². The van der Waals surface area contributed by atoms with E-state index in [2.05, 4.69) is 0 Å². The maximum Gasteiger partial charge on any atom is 0.335 e. The molecule has 0 saturated heterocycles. The first-order valence-electron chi connectivity index (χ1n) is 4.06. The van der Waals surface area contributed by atoms with Crippen LogP contribution in [0.3, 0.4) is 0 Å². The highest BCUT2D eigenvalue weighted by atomic mass is 16.4. The Morgan fingerprint density at radius 3 is 2.50 bits per heavy atom. The Hall–Kier alpha value is -1.78. The highest BCUT2D eigenvalue weighted by Crippen LogP contribution is 2.26. The van der Waals surface area contributed by atoms with Gasteiger partial charge in [0, 0.05) is 5.70 Å². The Morgan fingerprint density at radius 2 is 2.07 bits per heavy atom. The smallest absolute Gasteiger partial charge is 0.335 e. The molecule has 0 radical (unpaired) electrons. The fourth-order valence-electron chi connectivity index (χ4n) is 1.40. The normalized spacial score (nSPS) is 21.8. The van der Waals surface area contributed by atoms with Crippen LogP contribution in [-0.2, 0) is 9.59 Å². The van der Waals surface area contributed by atoms with E-state index in [1.165, 1.54) is 6.08 Å². The topological polar surface area (TPSA) is 101 Å². The molecule has 0 aliphatic heterocycles. The van der Waals surface area contributed by atoms with Gasteiger partial charge < -0.3 is 15.9 Å². The molecule has 1 unspecified atom stereocenters. The second-order valence-corrected chi connectivity index (χ2v) is 3.24. The van der Waals surface area contributed by atoms with Crippen molar-refractivity contribution in [3.05, 3.63) is 22.9 Å². The van der Waals surface area contributed by atoms with Crippen LogP contribution in [0.5, 0.6) is 0 Å². The summed E-state index contributed by atoms with van der Waals surface area (Å²) in [6.07, 6.45) is 1.39. The molecular formula is C9H11NO4. The summed E-state index contributed by atoms with van der Waals surface area (Å²) in [6.45, 7) is 1.60. The quantitative estimate of drug-likeness (QED) is 0.592. The van der Waals surface area contributed by atoms with E-state index in [9.17, 15) is 9.59 Å². The predicted molar refractivity (Wildman–Crippen MR) is 48.3 cm³/mol. The molecule has 1 atom stereocenters. The highest BCUT2D eigenvalue weighted by Gasteiger charge is 2.27. The van der Waals surface area contributed by atoms with Crippen LogP contribution in [0.25, 0.3) is 0 Å². The lowest BCUT2D eigenvalue weighted by Crippen LogP contribution is -2.25. The van der Waals surface area contributed by atoms with Gasteiger partial charge in [-0.3, -0.25) is 4.79 Å². The SMILES string of the molecule is CC1=C(C(=O)O)C=C(N)C(C(=O)O)C1. The second-order valence-electron chi connectivity index (χ2n) is 3.24. The zero-order valence-electron chi connectivity index (χ0n) is 7.65. The minimum absolute atomic E-state index is 0.0972. The Labute approximate surface area is 80.5 Å². The molecule has 0 heterocycles. The number of hydrogen-bond donors (Lipinski definition) is 3. The minimum atomic E-state index is -1.07. The maximum atomic E-state index is 10.7. The number of aliphatic carboxylic acids is 2. The van der Waals surface area contributed by atoms with Gasteiger partial charge in [0.2, 0.25) is 0 Å². The van der Waals surface area contributed by atoms with Crippen molar-refractivity contribution in [3.8, 4) is 0 Å². The molecule has 0 amide bonds. The monoisotopic (exact) mass is 197 g/mol. The standard InChI is InChI=1S/C9H11NO4/c1-4-2-6(9(13)14)7(10)3-5(4)8(11)12/h3,6H,2,10H2,1H3,(H,11,12)(H,13,14). The molecule has 1 rings (SSSR count). The molecule has 0 aromatic heterocycles. The Morgan fingerprint density at radius 1 is 1.50 bits per heavy atom. The first-order chi connectivity index (χ1) is 6.43. The lowest BCUT2D eigenvalue weighted by atomic mass is 9.88. The van der Waals surface area contributed by atoms with E-state index in [1.807, 2.05) is 0 Å². The van der Waals surface area contributed by atoms with Crippen LogP contribution in [0, 0.1) is 5.92 Å². The zero-order chi connectivity index (χ0) is 10.9. The summed E-state index contributed by atoms with van der Waals surface area (Å²) < 4.78 is 0. The Balaban J connectivity index is 3.04. The van der Waals surface area contributed by atoms with Crippen LogP contribution in [0.1, 0.15) is 13.3 Å². The van der Waals surface area contributed by atoms with Crippen molar-refractivity contribution in [2.75, 3.05) is 0 Å². The van der Waals surface area contributed by atoms with Gasteiger partial charge in [0.1, 0.15) is 0 Å². The average molecular weight is 197 g/mol. The molecule has 0 aromatic rings. The van der Waals surface area contributed by atoms with Crippen molar-refractivity contribution < 1.29 is 19.8 Å². The average Bonchev–Trinajstić information content (AvgIpc) is 2.07. The van der Waals surface area contributed by atoms with Crippen molar-refractivity contribution in [3.63, 3.8) is 0 Å². The molecule has 5 heteroatoms. The van der Waals surface area contributed by atoms with Gasteiger partial charge in [0.25, 0.3) is 0 Å². The van der Waals surface area contributed by atoms with E-state index < -0.39 is 17.9 Å². The molecule has 0 aromatic carbocycles. The van der Waals surface area contributed by atoms with Crippen LogP contribution < -0.4 is 5.73 Å². The molecule has 0 fully saturated rings.